The van der Waals surface area contributed by atoms with Crippen molar-refractivity contribution < 1.29 is 5.11 Å². The van der Waals surface area contributed by atoms with Crippen molar-refractivity contribution in [3.63, 3.8) is 0 Å². The molecule has 0 saturated carbocycles. The van der Waals surface area contributed by atoms with Crippen LogP contribution in [-0.2, 0) is 0 Å². The van der Waals surface area contributed by atoms with Crippen molar-refractivity contribution in [3.8, 4) is 0 Å². The lowest BCUT2D eigenvalue weighted by atomic mass is 10.1. The molecule has 10 heavy (non-hydrogen) atoms. The van der Waals surface area contributed by atoms with E-state index in [0.29, 0.717) is 0 Å². The van der Waals surface area contributed by atoms with E-state index in [9.17, 15) is 5.11 Å². The molecule has 1 atom stereocenters. The third-order valence-corrected chi connectivity index (χ3v) is 1.81. The maximum atomic E-state index is 9.18. The highest BCUT2D eigenvalue weighted by molar-refractivity contribution is 14.1. The molecule has 2 heteroatoms. The molecule has 0 amide bonds. The van der Waals surface area contributed by atoms with E-state index in [-0.39, 0.29) is 6.10 Å². The van der Waals surface area contributed by atoms with E-state index in [2.05, 4.69) is 29.5 Å². The Morgan fingerprint density at radius 2 is 2.20 bits per heavy atom. The number of halogens is 1. The van der Waals surface area contributed by atoms with Crippen molar-refractivity contribution >= 4 is 22.6 Å². The highest BCUT2D eigenvalue weighted by Gasteiger charge is 1.96. The highest BCUT2D eigenvalue weighted by atomic mass is 127. The van der Waals surface area contributed by atoms with E-state index in [1.807, 2.05) is 10.2 Å². The van der Waals surface area contributed by atoms with Crippen LogP contribution in [0.3, 0.4) is 0 Å². The number of aliphatic hydroxyl groups is 1. The van der Waals surface area contributed by atoms with Gasteiger partial charge in [-0.3, -0.25) is 0 Å². The zero-order valence-corrected chi connectivity index (χ0v) is 8.54. The minimum absolute atomic E-state index is 0.219. The molecule has 60 valence electrons. The summed E-state index contributed by atoms with van der Waals surface area (Å²) in [5.74, 6) is 0. The molecule has 0 aromatic carbocycles. The standard InChI is InChI=1S/C8H15IO/c1-2-3-4-5-8(10)6-7-9/h6-8,10H,2-5H2,1H3/t8-/m0/s1. The fourth-order valence-corrected chi connectivity index (χ4v) is 1.26. The Labute approximate surface area is 76.7 Å². The Hall–Kier alpha value is 0.430. The Morgan fingerprint density at radius 1 is 1.50 bits per heavy atom. The summed E-state index contributed by atoms with van der Waals surface area (Å²) in [6, 6.07) is 0. The SMILES string of the molecule is CCCCC[C@H](O)C=CI. The van der Waals surface area contributed by atoms with Crippen LogP contribution in [0.1, 0.15) is 32.6 Å². The molecule has 0 rings (SSSR count). The molecule has 0 radical (unpaired) electrons. The van der Waals surface area contributed by atoms with Crippen molar-refractivity contribution in [1.82, 2.24) is 0 Å². The minimum atomic E-state index is -0.219. The van der Waals surface area contributed by atoms with Gasteiger partial charge in [-0.25, -0.2) is 0 Å². The van der Waals surface area contributed by atoms with Gasteiger partial charge in [0.25, 0.3) is 0 Å². The molecule has 0 aliphatic carbocycles. The van der Waals surface area contributed by atoms with Crippen LogP contribution in [0.4, 0.5) is 0 Å². The fourth-order valence-electron chi connectivity index (χ4n) is 0.784. The second-order valence-electron chi connectivity index (χ2n) is 2.38. The molecule has 1 N–H and O–H groups in total. The predicted molar refractivity (Wildman–Crippen MR) is 53.3 cm³/mol. The van der Waals surface area contributed by atoms with Crippen LogP contribution in [0.2, 0.25) is 0 Å². The lowest BCUT2D eigenvalue weighted by Gasteiger charge is -2.02. The Balaban J connectivity index is 3.13. The summed E-state index contributed by atoms with van der Waals surface area (Å²) in [4.78, 5) is 0. The van der Waals surface area contributed by atoms with Gasteiger partial charge in [0, 0.05) is 0 Å². The first-order valence-electron chi connectivity index (χ1n) is 3.76. The van der Waals surface area contributed by atoms with Gasteiger partial charge < -0.3 is 5.11 Å². The Morgan fingerprint density at radius 3 is 2.70 bits per heavy atom. The van der Waals surface area contributed by atoms with Crippen LogP contribution in [0, 0.1) is 0 Å². The third-order valence-electron chi connectivity index (χ3n) is 1.40. The largest absolute Gasteiger partial charge is 0.389 e. The molecule has 0 heterocycles. The summed E-state index contributed by atoms with van der Waals surface area (Å²) >= 11 is 2.12. The average molecular weight is 254 g/mol. The fraction of sp³-hybridized carbons (Fsp3) is 0.750. The van der Waals surface area contributed by atoms with E-state index in [1.165, 1.54) is 12.8 Å². The predicted octanol–water partition coefficient (Wildman–Crippen LogP) is 2.88. The van der Waals surface area contributed by atoms with Crippen LogP contribution >= 0.6 is 22.6 Å². The normalized spacial score (nSPS) is 14.3. The lowest BCUT2D eigenvalue weighted by molar-refractivity contribution is 0.208. The summed E-state index contributed by atoms with van der Waals surface area (Å²) in [6.45, 7) is 2.17. The zero-order chi connectivity index (χ0) is 7.82. The second-order valence-corrected chi connectivity index (χ2v) is 3.10. The maximum absolute atomic E-state index is 9.18. The minimum Gasteiger partial charge on any atom is -0.389 e. The summed E-state index contributed by atoms with van der Waals surface area (Å²) in [5, 5.41) is 9.18. The van der Waals surface area contributed by atoms with Gasteiger partial charge in [-0.15, -0.1) is 0 Å². The molecule has 0 spiro atoms. The van der Waals surface area contributed by atoms with Gasteiger partial charge in [0.15, 0.2) is 0 Å². The smallest absolute Gasteiger partial charge is 0.0728 e. The first kappa shape index (κ1) is 10.4. The van der Waals surface area contributed by atoms with Gasteiger partial charge in [0.2, 0.25) is 0 Å². The molecule has 0 unspecified atom stereocenters. The van der Waals surface area contributed by atoms with E-state index < -0.39 is 0 Å². The summed E-state index contributed by atoms with van der Waals surface area (Å²) in [6.07, 6.45) is 6.11. The topological polar surface area (TPSA) is 20.2 Å². The van der Waals surface area contributed by atoms with Crippen LogP contribution in [0.5, 0.6) is 0 Å². The number of unbranched alkanes of at least 4 members (excludes halogenated alkanes) is 2. The molecular formula is C8H15IO. The lowest BCUT2D eigenvalue weighted by Crippen LogP contribution is -2.00. The van der Waals surface area contributed by atoms with Crippen LogP contribution in [0.15, 0.2) is 10.2 Å². The van der Waals surface area contributed by atoms with Crippen molar-refractivity contribution in [2.24, 2.45) is 0 Å². The van der Waals surface area contributed by atoms with Crippen LogP contribution < -0.4 is 0 Å². The quantitative estimate of drug-likeness (QED) is 0.590. The van der Waals surface area contributed by atoms with Crippen molar-refractivity contribution in [3.05, 3.63) is 10.2 Å². The number of hydrogen-bond donors (Lipinski definition) is 1. The summed E-state index contributed by atoms with van der Waals surface area (Å²) < 4.78 is 1.87. The van der Waals surface area contributed by atoms with Gasteiger partial charge in [-0.1, -0.05) is 54.9 Å². The van der Waals surface area contributed by atoms with Gasteiger partial charge in [-0.05, 0) is 10.5 Å². The maximum Gasteiger partial charge on any atom is 0.0728 e. The van der Waals surface area contributed by atoms with E-state index in [4.69, 9.17) is 0 Å². The van der Waals surface area contributed by atoms with E-state index >= 15 is 0 Å². The summed E-state index contributed by atoms with van der Waals surface area (Å²) in [7, 11) is 0. The van der Waals surface area contributed by atoms with E-state index in [0.717, 1.165) is 12.8 Å². The van der Waals surface area contributed by atoms with Crippen molar-refractivity contribution in [2.75, 3.05) is 0 Å². The van der Waals surface area contributed by atoms with Crippen molar-refractivity contribution in [1.29, 1.82) is 0 Å². The third kappa shape index (κ3) is 6.55. The number of hydrogen-bond acceptors (Lipinski definition) is 1. The molecule has 0 aromatic heterocycles. The highest BCUT2D eigenvalue weighted by Crippen LogP contribution is 2.04. The molecule has 0 fully saturated rings. The number of aliphatic hydroxyl groups excluding tert-OH is 1. The van der Waals surface area contributed by atoms with Gasteiger partial charge in [0.1, 0.15) is 0 Å². The average Bonchev–Trinajstić information content (AvgIpc) is 1.89. The molecular weight excluding hydrogens is 239 g/mol. The van der Waals surface area contributed by atoms with Crippen LogP contribution in [0.25, 0.3) is 0 Å². The van der Waals surface area contributed by atoms with Gasteiger partial charge in [-0.2, -0.15) is 0 Å². The molecule has 0 aliphatic rings. The van der Waals surface area contributed by atoms with Gasteiger partial charge in [0.05, 0.1) is 6.10 Å². The number of rotatable bonds is 5. The Kier molecular flexibility index (Phi) is 7.86. The Bertz CT molecular complexity index is 91.3. The monoisotopic (exact) mass is 254 g/mol. The molecule has 0 aliphatic heterocycles. The van der Waals surface area contributed by atoms with Crippen molar-refractivity contribution in [2.45, 2.75) is 38.7 Å². The first-order chi connectivity index (χ1) is 4.81. The zero-order valence-electron chi connectivity index (χ0n) is 6.39. The summed E-state index contributed by atoms with van der Waals surface area (Å²) in [5.41, 5.74) is 0. The van der Waals surface area contributed by atoms with E-state index in [1.54, 1.807) is 0 Å². The molecule has 0 saturated heterocycles. The molecule has 1 nitrogen and oxygen atoms in total. The molecule has 0 aromatic rings. The second kappa shape index (κ2) is 7.54. The first-order valence-corrected chi connectivity index (χ1v) is 5.00. The molecule has 0 bridgehead atoms. The van der Waals surface area contributed by atoms with Crippen LogP contribution in [-0.4, -0.2) is 11.2 Å². The van der Waals surface area contributed by atoms with Gasteiger partial charge >= 0.3 is 0 Å².